The number of hydrogen-bond donors (Lipinski definition) is 0. The van der Waals surface area contributed by atoms with Crippen LogP contribution < -0.4 is 0 Å². The normalized spacial score (nSPS) is 17.9. The van der Waals surface area contributed by atoms with Crippen LogP contribution in [0, 0.1) is 5.92 Å². The highest BCUT2D eigenvalue weighted by atomic mass is 16.6. The number of nitrogens with zero attached hydrogens (tertiary/aromatic N) is 1. The largest absolute Gasteiger partial charge is 0.450 e. The third-order valence-corrected chi connectivity index (χ3v) is 3.11. The summed E-state index contributed by atoms with van der Waals surface area (Å²) in [6.07, 6.45) is 6.10. The summed E-state index contributed by atoms with van der Waals surface area (Å²) in [5, 5.41) is 0. The van der Waals surface area contributed by atoms with Gasteiger partial charge in [0.05, 0.1) is 6.61 Å². The van der Waals surface area contributed by atoms with Gasteiger partial charge in [-0.25, -0.2) is 4.79 Å². The summed E-state index contributed by atoms with van der Waals surface area (Å²) in [7, 11) is 0. The van der Waals surface area contributed by atoms with E-state index in [1.807, 2.05) is 11.8 Å². The molecule has 0 spiro atoms. The van der Waals surface area contributed by atoms with E-state index in [1.165, 1.54) is 19.3 Å². The third-order valence-electron chi connectivity index (χ3n) is 3.11. The number of likely N-dealkylation sites (tertiary alicyclic amines) is 1. The average molecular weight is 213 g/mol. The fourth-order valence-electron chi connectivity index (χ4n) is 2.11. The Morgan fingerprint density at radius 1 is 1.33 bits per heavy atom. The van der Waals surface area contributed by atoms with Crippen LogP contribution in [0.15, 0.2) is 0 Å². The maximum Gasteiger partial charge on any atom is 0.409 e. The molecule has 1 aliphatic rings. The molecule has 1 heterocycles. The van der Waals surface area contributed by atoms with Crippen molar-refractivity contribution in [3.05, 3.63) is 0 Å². The number of hydrogen-bond acceptors (Lipinski definition) is 2. The molecule has 0 radical (unpaired) electrons. The van der Waals surface area contributed by atoms with Crippen molar-refractivity contribution in [3.8, 4) is 0 Å². The first kappa shape index (κ1) is 12.3. The maximum atomic E-state index is 11.4. The zero-order chi connectivity index (χ0) is 11.1. The molecular weight excluding hydrogens is 190 g/mol. The van der Waals surface area contributed by atoms with Crippen LogP contribution in [0.1, 0.15) is 46.0 Å². The Balaban J connectivity index is 2.20. The van der Waals surface area contributed by atoms with Crippen LogP contribution in [0.25, 0.3) is 0 Å². The predicted molar refractivity (Wildman–Crippen MR) is 60.8 cm³/mol. The Kier molecular flexibility index (Phi) is 5.51. The van der Waals surface area contributed by atoms with Gasteiger partial charge in [0.1, 0.15) is 0 Å². The summed E-state index contributed by atoms with van der Waals surface area (Å²) < 4.78 is 4.98. The minimum atomic E-state index is -0.133. The molecule has 88 valence electrons. The van der Waals surface area contributed by atoms with E-state index in [-0.39, 0.29) is 6.09 Å². The van der Waals surface area contributed by atoms with E-state index in [2.05, 4.69) is 6.92 Å². The summed E-state index contributed by atoms with van der Waals surface area (Å²) >= 11 is 0. The molecule has 0 aromatic carbocycles. The van der Waals surface area contributed by atoms with Crippen molar-refractivity contribution >= 4 is 6.09 Å². The van der Waals surface area contributed by atoms with E-state index in [0.29, 0.717) is 6.61 Å². The molecule has 0 unspecified atom stereocenters. The number of amides is 1. The van der Waals surface area contributed by atoms with Crippen molar-refractivity contribution in [3.63, 3.8) is 0 Å². The molecule has 1 saturated heterocycles. The van der Waals surface area contributed by atoms with Crippen LogP contribution in [0.3, 0.4) is 0 Å². The molecule has 3 heteroatoms. The minimum Gasteiger partial charge on any atom is -0.450 e. The number of rotatable bonds is 4. The molecule has 0 aromatic rings. The minimum absolute atomic E-state index is 0.133. The van der Waals surface area contributed by atoms with E-state index in [1.54, 1.807) is 0 Å². The van der Waals surface area contributed by atoms with Crippen molar-refractivity contribution in [1.29, 1.82) is 0 Å². The molecular formula is C12H23NO2. The highest BCUT2D eigenvalue weighted by molar-refractivity contribution is 5.67. The van der Waals surface area contributed by atoms with Crippen LogP contribution in [0.2, 0.25) is 0 Å². The van der Waals surface area contributed by atoms with E-state index in [0.717, 1.165) is 31.8 Å². The fourth-order valence-corrected chi connectivity index (χ4v) is 2.11. The molecule has 0 aliphatic carbocycles. The van der Waals surface area contributed by atoms with E-state index in [4.69, 9.17) is 4.74 Å². The molecule has 15 heavy (non-hydrogen) atoms. The summed E-state index contributed by atoms with van der Waals surface area (Å²) in [5.74, 6) is 0.829. The summed E-state index contributed by atoms with van der Waals surface area (Å²) in [4.78, 5) is 13.3. The second kappa shape index (κ2) is 6.70. The smallest absolute Gasteiger partial charge is 0.409 e. The van der Waals surface area contributed by atoms with Crippen molar-refractivity contribution in [2.24, 2.45) is 5.92 Å². The molecule has 0 atom stereocenters. The Labute approximate surface area is 92.8 Å². The average Bonchev–Trinajstić information content (AvgIpc) is 2.27. The van der Waals surface area contributed by atoms with Gasteiger partial charge >= 0.3 is 6.09 Å². The van der Waals surface area contributed by atoms with Gasteiger partial charge in [0.25, 0.3) is 0 Å². The van der Waals surface area contributed by atoms with Gasteiger partial charge < -0.3 is 9.64 Å². The van der Waals surface area contributed by atoms with Gasteiger partial charge in [-0.3, -0.25) is 0 Å². The van der Waals surface area contributed by atoms with Crippen LogP contribution in [-0.2, 0) is 4.74 Å². The summed E-state index contributed by atoms with van der Waals surface area (Å²) in [6.45, 7) is 6.33. The lowest BCUT2D eigenvalue weighted by molar-refractivity contribution is 0.0907. The van der Waals surface area contributed by atoms with Gasteiger partial charge in [0.15, 0.2) is 0 Å². The van der Waals surface area contributed by atoms with Crippen molar-refractivity contribution in [1.82, 2.24) is 4.90 Å². The Morgan fingerprint density at radius 3 is 2.53 bits per heavy atom. The van der Waals surface area contributed by atoms with Gasteiger partial charge in [-0.05, 0) is 25.7 Å². The predicted octanol–water partition coefficient (Wildman–Crippen LogP) is 3.05. The lowest BCUT2D eigenvalue weighted by atomic mass is 9.92. The van der Waals surface area contributed by atoms with Gasteiger partial charge in [-0.2, -0.15) is 0 Å². The lowest BCUT2D eigenvalue weighted by Crippen LogP contribution is -2.38. The molecule has 3 nitrogen and oxygen atoms in total. The quantitative estimate of drug-likeness (QED) is 0.718. The van der Waals surface area contributed by atoms with Gasteiger partial charge in [0, 0.05) is 13.1 Å². The van der Waals surface area contributed by atoms with Crippen LogP contribution in [0.4, 0.5) is 4.79 Å². The Bertz CT molecular complexity index is 186. The number of unbranched alkanes of at least 4 members (excludes halogenated alkanes) is 1. The first-order chi connectivity index (χ1) is 7.27. The van der Waals surface area contributed by atoms with Crippen molar-refractivity contribution < 1.29 is 9.53 Å². The lowest BCUT2D eigenvalue weighted by Gasteiger charge is -2.31. The highest BCUT2D eigenvalue weighted by Gasteiger charge is 2.22. The summed E-state index contributed by atoms with van der Waals surface area (Å²) in [5.41, 5.74) is 0. The number of piperidine rings is 1. The molecule has 0 N–H and O–H groups in total. The van der Waals surface area contributed by atoms with Gasteiger partial charge in [0.2, 0.25) is 0 Å². The van der Waals surface area contributed by atoms with Crippen LogP contribution >= 0.6 is 0 Å². The van der Waals surface area contributed by atoms with Gasteiger partial charge in [-0.1, -0.05) is 26.2 Å². The van der Waals surface area contributed by atoms with Gasteiger partial charge in [-0.15, -0.1) is 0 Å². The first-order valence-electron chi connectivity index (χ1n) is 6.19. The maximum absolute atomic E-state index is 11.4. The summed E-state index contributed by atoms with van der Waals surface area (Å²) in [6, 6.07) is 0. The topological polar surface area (TPSA) is 29.5 Å². The third kappa shape index (κ3) is 4.10. The van der Waals surface area contributed by atoms with Crippen molar-refractivity contribution in [2.45, 2.75) is 46.0 Å². The van der Waals surface area contributed by atoms with E-state index < -0.39 is 0 Å². The second-order valence-electron chi connectivity index (χ2n) is 4.27. The fraction of sp³-hybridized carbons (Fsp3) is 0.917. The van der Waals surface area contributed by atoms with E-state index >= 15 is 0 Å². The van der Waals surface area contributed by atoms with E-state index in [9.17, 15) is 4.79 Å². The Hall–Kier alpha value is -0.730. The zero-order valence-corrected chi connectivity index (χ0v) is 10.00. The number of carbonyl (C=O) groups is 1. The Morgan fingerprint density at radius 2 is 2.00 bits per heavy atom. The second-order valence-corrected chi connectivity index (χ2v) is 4.27. The molecule has 1 fully saturated rings. The molecule has 1 amide bonds. The molecule has 1 aliphatic heterocycles. The molecule has 0 saturated carbocycles. The first-order valence-corrected chi connectivity index (χ1v) is 6.19. The van der Waals surface area contributed by atoms with Crippen LogP contribution in [-0.4, -0.2) is 30.7 Å². The van der Waals surface area contributed by atoms with Crippen LogP contribution in [0.5, 0.6) is 0 Å². The highest BCUT2D eigenvalue weighted by Crippen LogP contribution is 2.22. The SMILES string of the molecule is CCCCC1CCN(C(=O)OCC)CC1. The molecule has 0 aromatic heterocycles. The monoisotopic (exact) mass is 213 g/mol. The number of ether oxygens (including phenoxy) is 1. The molecule has 0 bridgehead atoms. The molecule has 1 rings (SSSR count). The standard InChI is InChI=1S/C12H23NO2/c1-3-5-6-11-7-9-13(10-8-11)12(14)15-4-2/h11H,3-10H2,1-2H3. The number of carbonyl (C=O) groups excluding carboxylic acids is 1. The zero-order valence-electron chi connectivity index (χ0n) is 10.00. The van der Waals surface area contributed by atoms with Crippen molar-refractivity contribution in [2.75, 3.05) is 19.7 Å².